The van der Waals surface area contributed by atoms with Crippen LogP contribution in [0.15, 0.2) is 0 Å². The number of carbonyl (C=O) groups excluding carboxylic acids is 1. The first-order valence-electron chi connectivity index (χ1n) is 5.73. The molecule has 15 heavy (non-hydrogen) atoms. The summed E-state index contributed by atoms with van der Waals surface area (Å²) in [5.74, 6) is -0.0426. The molecule has 0 saturated carbocycles. The molecule has 4 nitrogen and oxygen atoms in total. The zero-order valence-corrected chi connectivity index (χ0v) is 9.88. The van der Waals surface area contributed by atoms with Gasteiger partial charge in [-0.3, -0.25) is 4.79 Å². The number of nitrogens with one attached hydrogen (secondary N) is 1. The van der Waals surface area contributed by atoms with E-state index in [4.69, 9.17) is 9.47 Å². The zero-order valence-electron chi connectivity index (χ0n) is 9.88. The van der Waals surface area contributed by atoms with Gasteiger partial charge in [-0.25, -0.2) is 0 Å². The normalized spacial score (nSPS) is 10.3. The lowest BCUT2D eigenvalue weighted by molar-refractivity contribution is -0.126. The average molecular weight is 217 g/mol. The van der Waals surface area contributed by atoms with Crippen molar-refractivity contribution in [1.82, 2.24) is 5.32 Å². The molecule has 0 aliphatic rings. The van der Waals surface area contributed by atoms with Crippen LogP contribution in [0.1, 0.15) is 33.1 Å². The van der Waals surface area contributed by atoms with Crippen LogP contribution < -0.4 is 5.32 Å². The highest BCUT2D eigenvalue weighted by molar-refractivity contribution is 5.77. The number of unbranched alkanes of at least 4 members (excludes halogenated alkanes) is 1. The van der Waals surface area contributed by atoms with Crippen molar-refractivity contribution >= 4 is 5.91 Å². The van der Waals surface area contributed by atoms with Crippen molar-refractivity contribution in [2.45, 2.75) is 33.1 Å². The van der Waals surface area contributed by atoms with E-state index < -0.39 is 0 Å². The number of amides is 1. The van der Waals surface area contributed by atoms with Crippen LogP contribution >= 0.6 is 0 Å². The number of rotatable bonds is 10. The lowest BCUT2D eigenvalue weighted by Gasteiger charge is -2.05. The Morgan fingerprint density at radius 3 is 2.47 bits per heavy atom. The fraction of sp³-hybridized carbons (Fsp3) is 0.909. The summed E-state index contributed by atoms with van der Waals surface area (Å²) in [5, 5.41) is 2.78. The average Bonchev–Trinajstić information content (AvgIpc) is 2.23. The Balaban J connectivity index is 3.10. The second-order valence-corrected chi connectivity index (χ2v) is 3.37. The van der Waals surface area contributed by atoms with Crippen molar-refractivity contribution in [3.63, 3.8) is 0 Å². The molecule has 0 radical (unpaired) electrons. The molecule has 0 atom stereocenters. The molecule has 0 fully saturated rings. The Morgan fingerprint density at radius 1 is 1.07 bits per heavy atom. The predicted octanol–water partition coefficient (Wildman–Crippen LogP) is 1.35. The van der Waals surface area contributed by atoms with Crippen molar-refractivity contribution in [1.29, 1.82) is 0 Å². The van der Waals surface area contributed by atoms with Crippen molar-refractivity contribution in [2.75, 3.05) is 33.0 Å². The molecule has 4 heteroatoms. The summed E-state index contributed by atoms with van der Waals surface area (Å²) in [5.41, 5.74) is 0. The van der Waals surface area contributed by atoms with Crippen molar-refractivity contribution in [2.24, 2.45) is 0 Å². The lowest BCUT2D eigenvalue weighted by atomic mass is 10.3. The summed E-state index contributed by atoms with van der Waals surface area (Å²) < 4.78 is 10.3. The monoisotopic (exact) mass is 217 g/mol. The smallest absolute Gasteiger partial charge is 0.245 e. The summed E-state index contributed by atoms with van der Waals surface area (Å²) in [4.78, 5) is 11.1. The second-order valence-electron chi connectivity index (χ2n) is 3.37. The molecule has 90 valence electrons. The van der Waals surface area contributed by atoms with Crippen LogP contribution in [-0.4, -0.2) is 38.9 Å². The standard InChI is InChI=1S/C11H23NO3/c1-3-5-6-12-11(13)10-15-9-8-14-7-4-2/h3-10H2,1-2H3,(H,12,13). The number of hydrogen-bond acceptors (Lipinski definition) is 3. The Labute approximate surface area is 92.3 Å². The van der Waals surface area contributed by atoms with Gasteiger partial charge in [-0.1, -0.05) is 20.3 Å². The first-order valence-corrected chi connectivity index (χ1v) is 5.73. The maximum absolute atomic E-state index is 11.1. The van der Waals surface area contributed by atoms with Gasteiger partial charge in [-0.05, 0) is 12.8 Å². The van der Waals surface area contributed by atoms with Crippen molar-refractivity contribution in [3.8, 4) is 0 Å². The first-order chi connectivity index (χ1) is 7.31. The highest BCUT2D eigenvalue weighted by atomic mass is 16.5. The SMILES string of the molecule is CCCCNC(=O)COCCOCCC. The molecule has 0 spiro atoms. The van der Waals surface area contributed by atoms with Gasteiger partial charge in [0, 0.05) is 13.2 Å². The van der Waals surface area contributed by atoms with Gasteiger partial charge in [-0.15, -0.1) is 0 Å². The van der Waals surface area contributed by atoms with E-state index in [1.165, 1.54) is 0 Å². The fourth-order valence-electron chi connectivity index (χ4n) is 0.985. The minimum Gasteiger partial charge on any atom is -0.379 e. The minimum absolute atomic E-state index is 0.0426. The van der Waals surface area contributed by atoms with Crippen LogP contribution in [-0.2, 0) is 14.3 Å². The molecular formula is C11H23NO3. The Morgan fingerprint density at radius 2 is 1.80 bits per heavy atom. The summed E-state index contributed by atoms with van der Waals surface area (Å²) in [7, 11) is 0. The molecule has 1 N–H and O–H groups in total. The van der Waals surface area contributed by atoms with E-state index in [2.05, 4.69) is 19.2 Å². The van der Waals surface area contributed by atoms with Gasteiger partial charge in [0.05, 0.1) is 13.2 Å². The Hall–Kier alpha value is -0.610. The molecule has 0 rings (SSSR count). The molecule has 0 bridgehead atoms. The van der Waals surface area contributed by atoms with Gasteiger partial charge in [0.15, 0.2) is 0 Å². The van der Waals surface area contributed by atoms with Crippen LogP contribution in [0, 0.1) is 0 Å². The minimum atomic E-state index is -0.0426. The highest BCUT2D eigenvalue weighted by Gasteiger charge is 1.99. The van der Waals surface area contributed by atoms with Crippen LogP contribution in [0.2, 0.25) is 0 Å². The first kappa shape index (κ1) is 14.4. The van der Waals surface area contributed by atoms with E-state index in [0.29, 0.717) is 13.2 Å². The lowest BCUT2D eigenvalue weighted by Crippen LogP contribution is -2.28. The van der Waals surface area contributed by atoms with Crippen molar-refractivity contribution < 1.29 is 14.3 Å². The molecule has 0 aromatic rings. The molecule has 0 heterocycles. The molecule has 0 unspecified atom stereocenters. The number of ether oxygens (including phenoxy) is 2. The van der Waals surface area contributed by atoms with E-state index in [1.807, 2.05) is 0 Å². The van der Waals surface area contributed by atoms with Gasteiger partial charge < -0.3 is 14.8 Å². The molecule has 0 aromatic carbocycles. The third-order valence-electron chi connectivity index (χ3n) is 1.81. The van der Waals surface area contributed by atoms with Gasteiger partial charge in [0.2, 0.25) is 5.91 Å². The van der Waals surface area contributed by atoms with Gasteiger partial charge in [-0.2, -0.15) is 0 Å². The summed E-state index contributed by atoms with van der Waals surface area (Å²) in [6.07, 6.45) is 3.12. The predicted molar refractivity (Wildman–Crippen MR) is 59.8 cm³/mol. The number of carbonyl (C=O) groups is 1. The largest absolute Gasteiger partial charge is 0.379 e. The second kappa shape index (κ2) is 11.5. The van der Waals surface area contributed by atoms with E-state index in [9.17, 15) is 4.79 Å². The Bertz CT molecular complexity index is 151. The van der Waals surface area contributed by atoms with Gasteiger partial charge >= 0.3 is 0 Å². The maximum Gasteiger partial charge on any atom is 0.245 e. The summed E-state index contributed by atoms with van der Waals surface area (Å²) >= 11 is 0. The number of hydrogen-bond donors (Lipinski definition) is 1. The van der Waals surface area contributed by atoms with Crippen LogP contribution in [0.4, 0.5) is 0 Å². The Kier molecular flexibility index (Phi) is 11.0. The molecule has 0 aliphatic heterocycles. The molecule has 1 amide bonds. The third-order valence-corrected chi connectivity index (χ3v) is 1.81. The highest BCUT2D eigenvalue weighted by Crippen LogP contribution is 1.84. The molecule has 0 aromatic heterocycles. The molecule has 0 aliphatic carbocycles. The summed E-state index contributed by atoms with van der Waals surface area (Å²) in [6.45, 7) is 6.84. The fourth-order valence-corrected chi connectivity index (χ4v) is 0.985. The van der Waals surface area contributed by atoms with E-state index in [1.54, 1.807) is 0 Å². The van der Waals surface area contributed by atoms with Crippen LogP contribution in [0.5, 0.6) is 0 Å². The van der Waals surface area contributed by atoms with Crippen molar-refractivity contribution in [3.05, 3.63) is 0 Å². The van der Waals surface area contributed by atoms with Crippen LogP contribution in [0.3, 0.4) is 0 Å². The van der Waals surface area contributed by atoms with Gasteiger partial charge in [0.25, 0.3) is 0 Å². The van der Waals surface area contributed by atoms with Gasteiger partial charge in [0.1, 0.15) is 6.61 Å². The maximum atomic E-state index is 11.1. The van der Waals surface area contributed by atoms with E-state index in [0.717, 1.165) is 32.4 Å². The molecule has 0 saturated heterocycles. The van der Waals surface area contributed by atoms with Crippen LogP contribution in [0.25, 0.3) is 0 Å². The summed E-state index contributed by atoms with van der Waals surface area (Å²) in [6, 6.07) is 0. The quantitative estimate of drug-likeness (QED) is 0.562. The van der Waals surface area contributed by atoms with E-state index >= 15 is 0 Å². The third kappa shape index (κ3) is 11.3. The van der Waals surface area contributed by atoms with E-state index in [-0.39, 0.29) is 12.5 Å². The zero-order chi connectivity index (χ0) is 11.4. The molecular weight excluding hydrogens is 194 g/mol. The topological polar surface area (TPSA) is 47.6 Å².